The van der Waals surface area contributed by atoms with Crippen LogP contribution in [-0.4, -0.2) is 43.1 Å². The van der Waals surface area contributed by atoms with E-state index in [4.69, 9.17) is 4.74 Å². The third-order valence-corrected chi connectivity index (χ3v) is 3.71. The lowest BCUT2D eigenvalue weighted by molar-refractivity contribution is -0.136. The Morgan fingerprint density at radius 3 is 3.00 bits per heavy atom. The molecule has 2 rings (SSSR count). The summed E-state index contributed by atoms with van der Waals surface area (Å²) in [5.74, 6) is 1.30. The SMILES string of the molecule is CC(C)c1cccc(OCC(=O)N2CCNC[C@@H]2C)c1. The van der Waals surface area contributed by atoms with Gasteiger partial charge < -0.3 is 15.0 Å². The Labute approximate surface area is 121 Å². The van der Waals surface area contributed by atoms with Crippen LogP contribution >= 0.6 is 0 Å². The van der Waals surface area contributed by atoms with Crippen molar-refractivity contribution >= 4 is 5.91 Å². The summed E-state index contributed by atoms with van der Waals surface area (Å²) in [6, 6.07) is 8.21. The monoisotopic (exact) mass is 276 g/mol. The Balaban J connectivity index is 1.91. The summed E-state index contributed by atoms with van der Waals surface area (Å²) < 4.78 is 5.65. The van der Waals surface area contributed by atoms with Gasteiger partial charge in [-0.05, 0) is 30.5 Å². The van der Waals surface area contributed by atoms with E-state index >= 15 is 0 Å². The maximum atomic E-state index is 12.2. The molecular weight excluding hydrogens is 252 g/mol. The maximum Gasteiger partial charge on any atom is 0.260 e. The van der Waals surface area contributed by atoms with Crippen molar-refractivity contribution in [2.75, 3.05) is 26.2 Å². The zero-order valence-corrected chi connectivity index (χ0v) is 12.6. The molecule has 0 spiro atoms. The number of nitrogens with one attached hydrogen (secondary N) is 1. The molecule has 1 saturated heterocycles. The van der Waals surface area contributed by atoms with Gasteiger partial charge in [0, 0.05) is 25.7 Å². The van der Waals surface area contributed by atoms with E-state index in [9.17, 15) is 4.79 Å². The fourth-order valence-electron chi connectivity index (χ4n) is 2.40. The standard InChI is InChI=1S/C16H24N2O2/c1-12(2)14-5-4-6-15(9-14)20-11-16(19)18-8-7-17-10-13(18)3/h4-6,9,12-13,17H,7-8,10-11H2,1-3H3/t13-/m0/s1. The predicted molar refractivity (Wildman–Crippen MR) is 80.1 cm³/mol. The molecule has 1 aliphatic heterocycles. The van der Waals surface area contributed by atoms with Gasteiger partial charge in [0.25, 0.3) is 5.91 Å². The van der Waals surface area contributed by atoms with Crippen LogP contribution < -0.4 is 10.1 Å². The summed E-state index contributed by atoms with van der Waals surface area (Å²) in [7, 11) is 0. The molecular formula is C16H24N2O2. The van der Waals surface area contributed by atoms with Crippen LogP contribution in [0.15, 0.2) is 24.3 Å². The van der Waals surface area contributed by atoms with Crippen LogP contribution in [0.4, 0.5) is 0 Å². The first-order valence-electron chi connectivity index (χ1n) is 7.31. The number of carbonyl (C=O) groups excluding carboxylic acids is 1. The summed E-state index contributed by atoms with van der Waals surface area (Å²) >= 11 is 0. The van der Waals surface area contributed by atoms with Gasteiger partial charge in [0.15, 0.2) is 6.61 Å². The van der Waals surface area contributed by atoms with Gasteiger partial charge in [0.1, 0.15) is 5.75 Å². The number of amides is 1. The van der Waals surface area contributed by atoms with Crippen molar-refractivity contribution in [2.24, 2.45) is 0 Å². The minimum absolute atomic E-state index is 0.0638. The number of hydrogen-bond acceptors (Lipinski definition) is 3. The van der Waals surface area contributed by atoms with Crippen LogP contribution in [0.2, 0.25) is 0 Å². The minimum Gasteiger partial charge on any atom is -0.484 e. The van der Waals surface area contributed by atoms with Crippen LogP contribution in [0.5, 0.6) is 5.75 Å². The molecule has 1 fully saturated rings. The molecule has 4 heteroatoms. The normalized spacial score (nSPS) is 19.2. The zero-order chi connectivity index (χ0) is 14.5. The van der Waals surface area contributed by atoms with Crippen molar-refractivity contribution in [1.82, 2.24) is 10.2 Å². The van der Waals surface area contributed by atoms with E-state index in [1.807, 2.05) is 23.1 Å². The van der Waals surface area contributed by atoms with Crippen LogP contribution in [-0.2, 0) is 4.79 Å². The molecule has 1 amide bonds. The van der Waals surface area contributed by atoms with Gasteiger partial charge in [-0.3, -0.25) is 4.79 Å². The Kier molecular flexibility index (Phi) is 5.01. The summed E-state index contributed by atoms with van der Waals surface area (Å²) in [5, 5.41) is 3.28. The molecule has 1 heterocycles. The molecule has 1 aromatic carbocycles. The maximum absolute atomic E-state index is 12.2. The number of piperazine rings is 1. The van der Waals surface area contributed by atoms with Gasteiger partial charge in [-0.2, -0.15) is 0 Å². The fraction of sp³-hybridized carbons (Fsp3) is 0.562. The highest BCUT2D eigenvalue weighted by Gasteiger charge is 2.23. The molecule has 0 bridgehead atoms. The van der Waals surface area contributed by atoms with Gasteiger partial charge in [0.2, 0.25) is 0 Å². The minimum atomic E-state index is 0.0638. The molecule has 0 saturated carbocycles. The molecule has 0 aromatic heterocycles. The molecule has 1 aromatic rings. The summed E-state index contributed by atoms with van der Waals surface area (Å²) in [5.41, 5.74) is 1.23. The molecule has 1 N–H and O–H groups in total. The highest BCUT2D eigenvalue weighted by atomic mass is 16.5. The average Bonchev–Trinajstić information content (AvgIpc) is 2.45. The molecule has 0 unspecified atom stereocenters. The van der Waals surface area contributed by atoms with E-state index in [-0.39, 0.29) is 18.6 Å². The van der Waals surface area contributed by atoms with Crippen molar-refractivity contribution < 1.29 is 9.53 Å². The van der Waals surface area contributed by atoms with E-state index in [0.29, 0.717) is 5.92 Å². The number of hydrogen-bond donors (Lipinski definition) is 1. The van der Waals surface area contributed by atoms with Gasteiger partial charge >= 0.3 is 0 Å². The lowest BCUT2D eigenvalue weighted by atomic mass is 10.0. The van der Waals surface area contributed by atoms with Gasteiger partial charge in [-0.25, -0.2) is 0 Å². The Hall–Kier alpha value is -1.55. The summed E-state index contributed by atoms with van der Waals surface area (Å²) in [6.45, 7) is 8.94. The molecule has 0 aliphatic carbocycles. The third-order valence-electron chi connectivity index (χ3n) is 3.71. The number of carbonyl (C=O) groups is 1. The average molecular weight is 276 g/mol. The van der Waals surface area contributed by atoms with Crippen molar-refractivity contribution in [1.29, 1.82) is 0 Å². The highest BCUT2D eigenvalue weighted by molar-refractivity contribution is 5.78. The number of ether oxygens (including phenoxy) is 1. The van der Waals surface area contributed by atoms with Crippen LogP contribution in [0.1, 0.15) is 32.3 Å². The topological polar surface area (TPSA) is 41.6 Å². The van der Waals surface area contributed by atoms with Crippen molar-refractivity contribution in [3.05, 3.63) is 29.8 Å². The molecule has 110 valence electrons. The first kappa shape index (κ1) is 14.9. The van der Waals surface area contributed by atoms with Crippen LogP contribution in [0, 0.1) is 0 Å². The molecule has 1 atom stereocenters. The lowest BCUT2D eigenvalue weighted by Crippen LogP contribution is -2.53. The summed E-state index contributed by atoms with van der Waals surface area (Å²) in [4.78, 5) is 14.1. The van der Waals surface area contributed by atoms with Crippen LogP contribution in [0.3, 0.4) is 0 Å². The van der Waals surface area contributed by atoms with Crippen molar-refractivity contribution in [2.45, 2.75) is 32.7 Å². The second kappa shape index (κ2) is 6.75. The Morgan fingerprint density at radius 1 is 1.50 bits per heavy atom. The van der Waals surface area contributed by atoms with E-state index < -0.39 is 0 Å². The van der Waals surface area contributed by atoms with Crippen LogP contribution in [0.25, 0.3) is 0 Å². The zero-order valence-electron chi connectivity index (χ0n) is 12.6. The van der Waals surface area contributed by atoms with Crippen molar-refractivity contribution in [3.63, 3.8) is 0 Å². The van der Waals surface area contributed by atoms with Gasteiger partial charge in [-0.1, -0.05) is 26.0 Å². The second-order valence-electron chi connectivity index (χ2n) is 5.66. The largest absolute Gasteiger partial charge is 0.484 e. The first-order chi connectivity index (χ1) is 9.58. The number of rotatable bonds is 4. The van der Waals surface area contributed by atoms with Gasteiger partial charge in [-0.15, -0.1) is 0 Å². The smallest absolute Gasteiger partial charge is 0.260 e. The number of benzene rings is 1. The Bertz CT molecular complexity index is 460. The number of nitrogens with zero attached hydrogens (tertiary/aromatic N) is 1. The first-order valence-corrected chi connectivity index (χ1v) is 7.31. The molecule has 0 radical (unpaired) electrons. The second-order valence-corrected chi connectivity index (χ2v) is 5.66. The highest BCUT2D eigenvalue weighted by Crippen LogP contribution is 2.20. The van der Waals surface area contributed by atoms with Gasteiger partial charge in [0.05, 0.1) is 0 Å². The molecule has 4 nitrogen and oxygen atoms in total. The van der Waals surface area contributed by atoms with E-state index in [1.165, 1.54) is 5.56 Å². The Morgan fingerprint density at radius 2 is 2.30 bits per heavy atom. The quantitative estimate of drug-likeness (QED) is 0.914. The lowest BCUT2D eigenvalue weighted by Gasteiger charge is -2.33. The summed E-state index contributed by atoms with van der Waals surface area (Å²) in [6.07, 6.45) is 0. The molecule has 1 aliphatic rings. The van der Waals surface area contributed by atoms with E-state index in [0.717, 1.165) is 25.4 Å². The van der Waals surface area contributed by atoms with E-state index in [1.54, 1.807) is 0 Å². The third kappa shape index (κ3) is 3.73. The fourth-order valence-corrected chi connectivity index (χ4v) is 2.40. The molecule has 20 heavy (non-hydrogen) atoms. The predicted octanol–water partition coefficient (Wildman–Crippen LogP) is 2.01. The van der Waals surface area contributed by atoms with Crippen molar-refractivity contribution in [3.8, 4) is 5.75 Å². The van der Waals surface area contributed by atoms with E-state index in [2.05, 4.69) is 32.2 Å².